The number of likely N-dealkylation sites (tertiary alicyclic amines) is 1. The van der Waals surface area contributed by atoms with Crippen LogP contribution in [-0.2, 0) is 14.3 Å². The lowest BCUT2D eigenvalue weighted by molar-refractivity contribution is -0.142. The summed E-state index contributed by atoms with van der Waals surface area (Å²) in [5.74, 6) is -1.35. The third-order valence-corrected chi connectivity index (χ3v) is 6.70. The van der Waals surface area contributed by atoms with E-state index in [1.807, 2.05) is 48.5 Å². The van der Waals surface area contributed by atoms with Crippen LogP contribution >= 0.6 is 0 Å². The van der Waals surface area contributed by atoms with Gasteiger partial charge in [0, 0.05) is 38.5 Å². The van der Waals surface area contributed by atoms with Gasteiger partial charge in [0.25, 0.3) is 0 Å². The van der Waals surface area contributed by atoms with Gasteiger partial charge in [0.1, 0.15) is 12.6 Å². The van der Waals surface area contributed by atoms with Crippen LogP contribution < -0.4 is 5.32 Å². The zero-order valence-electron chi connectivity index (χ0n) is 19.6. The summed E-state index contributed by atoms with van der Waals surface area (Å²) >= 11 is 0. The molecule has 1 aliphatic heterocycles. The van der Waals surface area contributed by atoms with Crippen LogP contribution in [0.4, 0.5) is 4.79 Å². The monoisotopic (exact) mass is 465 g/mol. The molecule has 1 saturated heterocycles. The molecule has 0 aromatic heterocycles. The number of nitrogens with zero attached hydrogens (tertiary/aromatic N) is 2. The maximum Gasteiger partial charge on any atom is 0.407 e. The van der Waals surface area contributed by atoms with Gasteiger partial charge in [-0.1, -0.05) is 55.5 Å². The molecule has 2 aromatic carbocycles. The van der Waals surface area contributed by atoms with Gasteiger partial charge in [-0.15, -0.1) is 0 Å². The van der Waals surface area contributed by atoms with Crippen LogP contribution in [0.3, 0.4) is 0 Å². The van der Waals surface area contributed by atoms with Crippen LogP contribution in [0.25, 0.3) is 11.1 Å². The summed E-state index contributed by atoms with van der Waals surface area (Å²) in [6.45, 7) is 5.51. The number of aliphatic carboxylic acids is 1. The minimum Gasteiger partial charge on any atom is -0.481 e. The van der Waals surface area contributed by atoms with Gasteiger partial charge in [-0.05, 0) is 28.8 Å². The third kappa shape index (κ3) is 5.07. The summed E-state index contributed by atoms with van der Waals surface area (Å²) in [4.78, 5) is 40.7. The first kappa shape index (κ1) is 23.8. The Morgan fingerprint density at radius 3 is 2.24 bits per heavy atom. The van der Waals surface area contributed by atoms with Crippen molar-refractivity contribution in [1.29, 1.82) is 0 Å². The molecule has 0 spiro atoms. The Balaban J connectivity index is 1.37. The molecule has 0 bridgehead atoms. The van der Waals surface area contributed by atoms with Crippen molar-refractivity contribution in [3.8, 4) is 11.1 Å². The van der Waals surface area contributed by atoms with Crippen molar-refractivity contribution in [1.82, 2.24) is 15.1 Å². The summed E-state index contributed by atoms with van der Waals surface area (Å²) in [5, 5.41) is 11.8. The molecular weight excluding hydrogens is 434 g/mol. The fourth-order valence-corrected chi connectivity index (χ4v) is 4.95. The number of amides is 2. The maximum atomic E-state index is 12.9. The molecule has 1 atom stereocenters. The van der Waals surface area contributed by atoms with E-state index in [0.717, 1.165) is 41.9 Å². The Kier molecular flexibility index (Phi) is 7.17. The summed E-state index contributed by atoms with van der Waals surface area (Å²) in [5.41, 5.74) is 4.39. The van der Waals surface area contributed by atoms with E-state index in [1.165, 1.54) is 4.90 Å². The number of rotatable bonds is 9. The van der Waals surface area contributed by atoms with Crippen LogP contribution in [0.1, 0.15) is 30.4 Å². The second-order valence-corrected chi connectivity index (χ2v) is 9.06. The number of fused-ring (bicyclic) bond motifs is 3. The molecule has 2 aromatic rings. The molecule has 1 fully saturated rings. The van der Waals surface area contributed by atoms with Crippen molar-refractivity contribution in [3.05, 3.63) is 59.7 Å². The molecule has 0 radical (unpaired) electrons. The number of ether oxygens (including phenoxy) is 1. The third-order valence-electron chi connectivity index (χ3n) is 6.70. The zero-order valence-corrected chi connectivity index (χ0v) is 19.6. The Hall–Kier alpha value is -3.39. The number of carbonyl (C=O) groups excluding carboxylic acids is 2. The predicted molar refractivity (Wildman–Crippen MR) is 127 cm³/mol. The maximum absolute atomic E-state index is 12.9. The molecule has 0 saturated carbocycles. The first-order valence-corrected chi connectivity index (χ1v) is 11.7. The molecule has 2 N–H and O–H groups in total. The average molecular weight is 466 g/mol. The summed E-state index contributed by atoms with van der Waals surface area (Å²) < 4.78 is 5.50. The highest BCUT2D eigenvalue weighted by Crippen LogP contribution is 2.44. The predicted octanol–water partition coefficient (Wildman–Crippen LogP) is 2.78. The van der Waals surface area contributed by atoms with Crippen LogP contribution in [0.5, 0.6) is 0 Å². The number of hydrogen-bond donors (Lipinski definition) is 2. The van der Waals surface area contributed by atoms with E-state index in [9.17, 15) is 19.5 Å². The SMILES string of the molecule is CCN1CC(CN(C)C(=O)C(CC(=O)O)NC(=O)OCC2c3ccccc3-c3ccccc32)C1. The van der Waals surface area contributed by atoms with E-state index in [0.29, 0.717) is 12.5 Å². The van der Waals surface area contributed by atoms with Gasteiger partial charge in [0.05, 0.1) is 6.42 Å². The minimum atomic E-state index is -1.18. The van der Waals surface area contributed by atoms with Crippen molar-refractivity contribution in [3.63, 3.8) is 0 Å². The summed E-state index contributed by atoms with van der Waals surface area (Å²) in [7, 11) is 1.64. The summed E-state index contributed by atoms with van der Waals surface area (Å²) in [6.07, 6.45) is -1.30. The van der Waals surface area contributed by atoms with Crippen molar-refractivity contribution < 1.29 is 24.2 Å². The van der Waals surface area contributed by atoms with Crippen molar-refractivity contribution >= 4 is 18.0 Å². The van der Waals surface area contributed by atoms with Crippen LogP contribution in [0.2, 0.25) is 0 Å². The van der Waals surface area contributed by atoms with Gasteiger partial charge in [-0.2, -0.15) is 0 Å². The first-order valence-electron chi connectivity index (χ1n) is 11.7. The minimum absolute atomic E-state index is 0.0958. The highest BCUT2D eigenvalue weighted by molar-refractivity contribution is 5.89. The molecule has 1 unspecified atom stereocenters. The number of carboxylic acids is 1. The largest absolute Gasteiger partial charge is 0.481 e. The Morgan fingerprint density at radius 1 is 1.09 bits per heavy atom. The second-order valence-electron chi connectivity index (χ2n) is 9.06. The molecule has 1 aliphatic carbocycles. The van der Waals surface area contributed by atoms with Crippen LogP contribution in [0, 0.1) is 5.92 Å². The van der Waals surface area contributed by atoms with Gasteiger partial charge < -0.3 is 25.0 Å². The van der Waals surface area contributed by atoms with Gasteiger partial charge in [-0.25, -0.2) is 4.79 Å². The lowest BCUT2D eigenvalue weighted by atomic mass is 9.98. The molecule has 2 aliphatic rings. The molecule has 180 valence electrons. The number of nitrogens with one attached hydrogen (secondary N) is 1. The highest BCUT2D eigenvalue weighted by atomic mass is 16.5. The van der Waals surface area contributed by atoms with Gasteiger partial charge in [0.2, 0.25) is 5.91 Å². The van der Waals surface area contributed by atoms with E-state index in [2.05, 4.69) is 17.1 Å². The van der Waals surface area contributed by atoms with E-state index < -0.39 is 30.4 Å². The normalized spacial score (nSPS) is 16.2. The van der Waals surface area contributed by atoms with Crippen LogP contribution in [0.15, 0.2) is 48.5 Å². The molecule has 8 nitrogen and oxygen atoms in total. The number of carbonyl (C=O) groups is 3. The topological polar surface area (TPSA) is 99.2 Å². The van der Waals surface area contributed by atoms with Gasteiger partial charge in [-0.3, -0.25) is 9.59 Å². The number of likely N-dealkylation sites (N-methyl/N-ethyl adjacent to an activating group) is 1. The Morgan fingerprint density at radius 2 is 1.68 bits per heavy atom. The number of alkyl carbamates (subject to hydrolysis) is 1. The number of carboxylic acid groups (broad SMARTS) is 1. The van der Waals surface area contributed by atoms with Gasteiger partial charge in [0.15, 0.2) is 0 Å². The standard InChI is InChI=1S/C26H31N3O5/c1-3-29-14-17(15-29)13-28(2)25(32)23(12-24(30)31)27-26(33)34-16-22-20-10-6-4-8-18(20)19-9-5-7-11-21(19)22/h4-11,17,22-23H,3,12-16H2,1-2H3,(H,27,33)(H,30,31). The van der Waals surface area contributed by atoms with E-state index in [4.69, 9.17) is 4.74 Å². The Labute approximate surface area is 199 Å². The summed E-state index contributed by atoms with van der Waals surface area (Å²) in [6, 6.07) is 14.8. The molecule has 2 amide bonds. The van der Waals surface area contributed by atoms with E-state index >= 15 is 0 Å². The molecular formula is C26H31N3O5. The average Bonchev–Trinajstić information content (AvgIpc) is 3.12. The lowest BCUT2D eigenvalue weighted by Crippen LogP contribution is -2.54. The number of benzene rings is 2. The van der Waals surface area contributed by atoms with E-state index in [1.54, 1.807) is 7.05 Å². The van der Waals surface area contributed by atoms with Crippen molar-refractivity contribution in [2.75, 3.05) is 39.8 Å². The zero-order chi connectivity index (χ0) is 24.2. The van der Waals surface area contributed by atoms with Crippen molar-refractivity contribution in [2.24, 2.45) is 5.92 Å². The fourth-order valence-electron chi connectivity index (χ4n) is 4.95. The lowest BCUT2D eigenvalue weighted by Gasteiger charge is -2.40. The van der Waals surface area contributed by atoms with Crippen LogP contribution in [-0.4, -0.2) is 78.8 Å². The molecule has 8 heteroatoms. The van der Waals surface area contributed by atoms with E-state index in [-0.39, 0.29) is 12.5 Å². The molecule has 34 heavy (non-hydrogen) atoms. The highest BCUT2D eigenvalue weighted by Gasteiger charge is 2.33. The fraction of sp³-hybridized carbons (Fsp3) is 0.423. The smallest absolute Gasteiger partial charge is 0.407 e. The first-order chi connectivity index (χ1) is 16.4. The molecule has 4 rings (SSSR count). The second kappa shape index (κ2) is 10.3. The molecule has 1 heterocycles. The quantitative estimate of drug-likeness (QED) is 0.591. The van der Waals surface area contributed by atoms with Crippen molar-refractivity contribution in [2.45, 2.75) is 25.3 Å². The Bertz CT molecular complexity index is 1020. The number of hydrogen-bond acceptors (Lipinski definition) is 5. The van der Waals surface area contributed by atoms with Gasteiger partial charge >= 0.3 is 12.1 Å².